The molecule has 0 saturated carbocycles. The van der Waals surface area contributed by atoms with Gasteiger partial charge in [-0.3, -0.25) is 9.59 Å². The topological polar surface area (TPSA) is 92.4 Å². The molecule has 0 radical (unpaired) electrons. The van der Waals surface area contributed by atoms with E-state index in [2.05, 4.69) is 5.32 Å². The number of halogens is 1. The van der Waals surface area contributed by atoms with Gasteiger partial charge < -0.3 is 16.2 Å². The zero-order valence-corrected chi connectivity index (χ0v) is 12.3. The highest BCUT2D eigenvalue weighted by Gasteiger charge is 2.24. The minimum Gasteiger partial charge on any atom is -0.378 e. The number of hydrogen-bond acceptors (Lipinski definition) is 3. The van der Waals surface area contributed by atoms with E-state index in [9.17, 15) is 19.1 Å². The van der Waals surface area contributed by atoms with Crippen molar-refractivity contribution in [3.63, 3.8) is 0 Å². The highest BCUT2D eigenvalue weighted by molar-refractivity contribution is 5.89. The molecule has 0 aliphatic carbocycles. The van der Waals surface area contributed by atoms with Crippen LogP contribution in [0.5, 0.6) is 0 Å². The fourth-order valence-electron chi connectivity index (χ4n) is 2.14. The van der Waals surface area contributed by atoms with E-state index in [4.69, 9.17) is 5.73 Å². The average molecular weight is 316 g/mol. The largest absolute Gasteiger partial charge is 0.378 e. The molecule has 2 aromatic rings. The highest BCUT2D eigenvalue weighted by atomic mass is 19.1. The molecule has 0 bridgehead atoms. The molecule has 23 heavy (non-hydrogen) atoms. The van der Waals surface area contributed by atoms with Gasteiger partial charge in [0.1, 0.15) is 11.9 Å². The van der Waals surface area contributed by atoms with Crippen molar-refractivity contribution in [2.45, 2.75) is 18.6 Å². The number of hydrogen-bond donors (Lipinski definition) is 3. The predicted molar refractivity (Wildman–Crippen MR) is 82.6 cm³/mol. The summed E-state index contributed by atoms with van der Waals surface area (Å²) in [6.45, 7) is 0. The summed E-state index contributed by atoms with van der Waals surface area (Å²) >= 11 is 0. The summed E-state index contributed by atoms with van der Waals surface area (Å²) in [5.41, 5.74) is 5.91. The number of primary amides is 1. The lowest BCUT2D eigenvalue weighted by molar-refractivity contribution is -0.133. The molecule has 0 aliphatic rings. The molecule has 0 unspecified atom stereocenters. The van der Waals surface area contributed by atoms with E-state index in [-0.39, 0.29) is 12.0 Å². The predicted octanol–water partition coefficient (Wildman–Crippen LogP) is 1.07. The van der Waals surface area contributed by atoms with E-state index in [1.165, 1.54) is 18.2 Å². The van der Waals surface area contributed by atoms with Crippen molar-refractivity contribution < 1.29 is 19.1 Å². The zero-order chi connectivity index (χ0) is 16.8. The summed E-state index contributed by atoms with van der Waals surface area (Å²) in [6, 6.07) is 13.1. The number of nitrogens with two attached hydrogens (primary N) is 1. The Morgan fingerprint density at radius 1 is 1.09 bits per heavy atom. The molecule has 0 heterocycles. The van der Waals surface area contributed by atoms with E-state index >= 15 is 0 Å². The van der Waals surface area contributed by atoms with E-state index in [1.54, 1.807) is 36.4 Å². The second kappa shape index (κ2) is 7.51. The van der Waals surface area contributed by atoms with Crippen molar-refractivity contribution in [1.29, 1.82) is 0 Å². The van der Waals surface area contributed by atoms with E-state index in [0.717, 1.165) is 0 Å². The quantitative estimate of drug-likeness (QED) is 0.744. The molecule has 0 saturated heterocycles. The normalized spacial score (nSPS) is 13.1. The number of nitrogens with one attached hydrogen (secondary N) is 1. The van der Waals surface area contributed by atoms with Crippen LogP contribution < -0.4 is 11.1 Å². The van der Waals surface area contributed by atoms with Gasteiger partial charge in [0.05, 0.1) is 0 Å². The van der Waals surface area contributed by atoms with Crippen LogP contribution in [-0.2, 0) is 16.0 Å². The monoisotopic (exact) mass is 316 g/mol. The number of carbonyl (C=O) groups excluding carboxylic acids is 2. The Balaban J connectivity index is 2.09. The van der Waals surface area contributed by atoms with Gasteiger partial charge in [-0.05, 0) is 17.2 Å². The van der Waals surface area contributed by atoms with Crippen LogP contribution in [0, 0.1) is 5.82 Å². The standard InChI is InChI=1S/C17H17FN2O3/c18-13-9-5-4-8-12(13)10-14(16(19)22)20-17(23)15(21)11-6-2-1-3-7-11/h1-9,14-15,21H,10H2,(H2,19,22)(H,20,23)/t14-,15-/m0/s1. The lowest BCUT2D eigenvalue weighted by Crippen LogP contribution is -2.47. The summed E-state index contributed by atoms with van der Waals surface area (Å²) in [6.07, 6.45) is -1.52. The van der Waals surface area contributed by atoms with Crippen LogP contribution >= 0.6 is 0 Å². The third-order valence-corrected chi connectivity index (χ3v) is 3.41. The Hall–Kier alpha value is -2.73. The second-order valence-corrected chi connectivity index (χ2v) is 5.07. The maximum Gasteiger partial charge on any atom is 0.254 e. The van der Waals surface area contributed by atoms with Crippen LogP contribution in [0.1, 0.15) is 17.2 Å². The summed E-state index contributed by atoms with van der Waals surface area (Å²) in [4.78, 5) is 23.6. The Bertz CT molecular complexity index is 691. The van der Waals surface area contributed by atoms with Crippen LogP contribution in [-0.4, -0.2) is 23.0 Å². The molecular formula is C17H17FN2O3. The van der Waals surface area contributed by atoms with Crippen LogP contribution in [0.15, 0.2) is 54.6 Å². The number of rotatable bonds is 6. The van der Waals surface area contributed by atoms with Crippen LogP contribution in [0.3, 0.4) is 0 Å². The highest BCUT2D eigenvalue weighted by Crippen LogP contribution is 2.14. The van der Waals surface area contributed by atoms with Crippen molar-refractivity contribution in [2.24, 2.45) is 5.73 Å². The van der Waals surface area contributed by atoms with Gasteiger partial charge in [0.15, 0.2) is 6.10 Å². The molecular weight excluding hydrogens is 299 g/mol. The van der Waals surface area contributed by atoms with E-state index in [1.807, 2.05) is 0 Å². The smallest absolute Gasteiger partial charge is 0.254 e. The summed E-state index contributed by atoms with van der Waals surface area (Å²) in [5, 5.41) is 12.4. The SMILES string of the molecule is NC(=O)[C@H](Cc1ccccc1F)NC(=O)[C@@H](O)c1ccccc1. The van der Waals surface area contributed by atoms with Gasteiger partial charge in [0.25, 0.3) is 5.91 Å². The lowest BCUT2D eigenvalue weighted by Gasteiger charge is -2.18. The minimum atomic E-state index is -1.43. The zero-order valence-electron chi connectivity index (χ0n) is 12.3. The van der Waals surface area contributed by atoms with Crippen LogP contribution in [0.4, 0.5) is 4.39 Å². The van der Waals surface area contributed by atoms with E-state index in [0.29, 0.717) is 5.56 Å². The molecule has 0 aliphatic heterocycles. The number of carbonyl (C=O) groups is 2. The molecule has 0 aromatic heterocycles. The molecule has 2 amide bonds. The first-order valence-electron chi connectivity index (χ1n) is 7.05. The molecule has 5 nitrogen and oxygen atoms in total. The van der Waals surface area contributed by atoms with Crippen LogP contribution in [0.2, 0.25) is 0 Å². The van der Waals surface area contributed by atoms with Gasteiger partial charge >= 0.3 is 0 Å². The third kappa shape index (κ3) is 4.37. The van der Waals surface area contributed by atoms with Crippen molar-refractivity contribution in [1.82, 2.24) is 5.32 Å². The molecule has 2 rings (SSSR count). The van der Waals surface area contributed by atoms with Gasteiger partial charge in [0, 0.05) is 6.42 Å². The second-order valence-electron chi connectivity index (χ2n) is 5.07. The summed E-state index contributed by atoms with van der Waals surface area (Å²) in [5.74, 6) is -2.06. The molecule has 2 atom stereocenters. The number of amides is 2. The Morgan fingerprint density at radius 2 is 1.70 bits per heavy atom. The van der Waals surface area contributed by atoms with E-state index < -0.39 is 29.8 Å². The molecule has 120 valence electrons. The molecule has 0 fully saturated rings. The van der Waals surface area contributed by atoms with Crippen molar-refractivity contribution >= 4 is 11.8 Å². The Labute approximate surface area is 132 Å². The van der Waals surface area contributed by atoms with Gasteiger partial charge in [-0.2, -0.15) is 0 Å². The average Bonchev–Trinajstić information content (AvgIpc) is 2.56. The first kappa shape index (κ1) is 16.6. The molecule has 2 aromatic carbocycles. The van der Waals surface area contributed by atoms with Crippen molar-refractivity contribution in [3.05, 3.63) is 71.5 Å². The first-order valence-corrected chi connectivity index (χ1v) is 7.05. The molecule has 6 heteroatoms. The summed E-state index contributed by atoms with van der Waals surface area (Å²) in [7, 11) is 0. The Morgan fingerprint density at radius 3 is 2.30 bits per heavy atom. The van der Waals surface area contributed by atoms with Crippen molar-refractivity contribution in [3.8, 4) is 0 Å². The fraction of sp³-hybridized carbons (Fsp3) is 0.176. The van der Waals surface area contributed by atoms with Gasteiger partial charge in [-0.25, -0.2) is 4.39 Å². The number of benzene rings is 2. The maximum absolute atomic E-state index is 13.7. The minimum absolute atomic E-state index is 0.0880. The summed E-state index contributed by atoms with van der Waals surface area (Å²) < 4.78 is 13.7. The number of aliphatic hydroxyl groups is 1. The van der Waals surface area contributed by atoms with Crippen molar-refractivity contribution in [2.75, 3.05) is 0 Å². The lowest BCUT2D eigenvalue weighted by atomic mass is 10.0. The molecule has 0 spiro atoms. The Kier molecular flexibility index (Phi) is 5.43. The first-order chi connectivity index (χ1) is 11.0. The fourth-order valence-corrected chi connectivity index (χ4v) is 2.14. The maximum atomic E-state index is 13.7. The number of aliphatic hydroxyl groups excluding tert-OH is 1. The van der Waals surface area contributed by atoms with Gasteiger partial charge in [-0.1, -0.05) is 48.5 Å². The third-order valence-electron chi connectivity index (χ3n) is 3.41. The van der Waals surface area contributed by atoms with Gasteiger partial charge in [-0.15, -0.1) is 0 Å². The van der Waals surface area contributed by atoms with Gasteiger partial charge in [0.2, 0.25) is 5.91 Å². The molecule has 4 N–H and O–H groups in total. The van der Waals surface area contributed by atoms with Crippen LogP contribution in [0.25, 0.3) is 0 Å².